The van der Waals surface area contributed by atoms with E-state index >= 15 is 0 Å². The van der Waals surface area contributed by atoms with Gasteiger partial charge in [0.05, 0.1) is 5.60 Å². The minimum atomic E-state index is -1.00. The molecule has 0 aliphatic carbocycles. The smallest absolute Gasteiger partial charge is 0.321 e. The number of methoxy groups -OCH3 is 1. The van der Waals surface area contributed by atoms with E-state index in [4.69, 9.17) is 4.74 Å². The summed E-state index contributed by atoms with van der Waals surface area (Å²) in [6.07, 6.45) is 4.37. The van der Waals surface area contributed by atoms with Gasteiger partial charge in [0.25, 0.3) is 0 Å². The van der Waals surface area contributed by atoms with Crippen molar-refractivity contribution in [2.75, 3.05) is 31.8 Å². The Balaban J connectivity index is 1.95. The average Bonchev–Trinajstić information content (AvgIpc) is 2.70. The maximum absolute atomic E-state index is 12.4. The fourth-order valence-electron chi connectivity index (χ4n) is 2.59. The van der Waals surface area contributed by atoms with Crippen LogP contribution in [0.1, 0.15) is 26.2 Å². The first-order valence-corrected chi connectivity index (χ1v) is 9.04. The summed E-state index contributed by atoms with van der Waals surface area (Å²) in [4.78, 5) is 14.9. The summed E-state index contributed by atoms with van der Waals surface area (Å²) in [5.74, 6) is 0. The molecule has 1 N–H and O–H groups in total. The van der Waals surface area contributed by atoms with Gasteiger partial charge in [-0.1, -0.05) is 0 Å². The number of anilines is 1. The van der Waals surface area contributed by atoms with E-state index in [1.54, 1.807) is 37.6 Å². The number of amides is 2. The zero-order chi connectivity index (χ0) is 16.2. The third-order valence-corrected chi connectivity index (χ3v) is 5.20. The number of ether oxygens (including phenoxy) is 1. The monoisotopic (exact) mass is 324 g/mol. The van der Waals surface area contributed by atoms with Gasteiger partial charge in [-0.2, -0.15) is 0 Å². The van der Waals surface area contributed by atoms with Crippen LogP contribution in [0, 0.1) is 0 Å². The molecule has 1 saturated heterocycles. The summed E-state index contributed by atoms with van der Waals surface area (Å²) in [7, 11) is 0.728. The number of likely N-dealkylation sites (tertiary alicyclic amines) is 1. The minimum absolute atomic E-state index is 0.0919. The summed E-state index contributed by atoms with van der Waals surface area (Å²) < 4.78 is 16.9. The number of urea groups is 1. The number of hydrogen-bond acceptors (Lipinski definition) is 3. The van der Waals surface area contributed by atoms with Crippen molar-refractivity contribution in [3.05, 3.63) is 24.3 Å². The van der Waals surface area contributed by atoms with Crippen LogP contribution in [0.2, 0.25) is 0 Å². The number of benzene rings is 1. The Labute approximate surface area is 134 Å². The van der Waals surface area contributed by atoms with Crippen molar-refractivity contribution in [1.29, 1.82) is 0 Å². The van der Waals surface area contributed by atoms with Gasteiger partial charge in [-0.25, -0.2) is 4.79 Å². The molecule has 6 heteroatoms. The highest BCUT2D eigenvalue weighted by molar-refractivity contribution is 7.84. The quantitative estimate of drug-likeness (QED) is 0.930. The molecule has 2 amide bonds. The van der Waals surface area contributed by atoms with Crippen LogP contribution in [-0.2, 0) is 15.5 Å². The molecule has 0 radical (unpaired) electrons. The van der Waals surface area contributed by atoms with Gasteiger partial charge in [0.2, 0.25) is 0 Å². The second kappa shape index (κ2) is 7.24. The number of nitrogens with one attached hydrogen (secondary N) is 1. The van der Waals surface area contributed by atoms with Crippen molar-refractivity contribution in [2.24, 2.45) is 0 Å². The molecule has 1 aliphatic rings. The lowest BCUT2D eigenvalue weighted by Gasteiger charge is -2.26. The fourth-order valence-corrected chi connectivity index (χ4v) is 3.11. The van der Waals surface area contributed by atoms with Crippen LogP contribution in [0.25, 0.3) is 0 Å². The van der Waals surface area contributed by atoms with E-state index < -0.39 is 10.8 Å². The Bertz CT molecular complexity index is 547. The molecule has 0 aromatic heterocycles. The second-order valence-electron chi connectivity index (χ2n) is 5.90. The average molecular weight is 324 g/mol. The maximum Gasteiger partial charge on any atom is 0.321 e. The van der Waals surface area contributed by atoms with Crippen LogP contribution in [0.5, 0.6) is 0 Å². The lowest BCUT2D eigenvalue weighted by Crippen LogP contribution is -2.37. The highest BCUT2D eigenvalue weighted by Gasteiger charge is 2.29. The van der Waals surface area contributed by atoms with E-state index in [1.165, 1.54) is 0 Å². The molecule has 22 heavy (non-hydrogen) atoms. The zero-order valence-corrected chi connectivity index (χ0v) is 14.2. The second-order valence-corrected chi connectivity index (χ2v) is 7.28. The van der Waals surface area contributed by atoms with E-state index in [-0.39, 0.29) is 11.6 Å². The molecular weight excluding hydrogens is 300 g/mol. The van der Waals surface area contributed by atoms with Crippen molar-refractivity contribution >= 4 is 22.5 Å². The lowest BCUT2D eigenvalue weighted by atomic mass is 9.97. The van der Waals surface area contributed by atoms with Gasteiger partial charge in [0, 0.05) is 47.8 Å². The summed E-state index contributed by atoms with van der Waals surface area (Å²) in [5, 5.41) is 2.90. The summed E-state index contributed by atoms with van der Waals surface area (Å²) in [6, 6.07) is 7.02. The summed E-state index contributed by atoms with van der Waals surface area (Å²) in [6.45, 7) is 3.52. The number of carbonyl (C=O) groups excluding carboxylic acids is 1. The third kappa shape index (κ3) is 4.30. The van der Waals surface area contributed by atoms with Crippen LogP contribution in [0.3, 0.4) is 0 Å². The topological polar surface area (TPSA) is 58.6 Å². The molecule has 2 rings (SSSR count). The molecule has 0 unspecified atom stereocenters. The lowest BCUT2D eigenvalue weighted by molar-refractivity contribution is -0.00491. The first-order chi connectivity index (χ1) is 10.4. The van der Waals surface area contributed by atoms with Crippen LogP contribution in [-0.4, -0.2) is 47.2 Å². The molecule has 1 fully saturated rings. The minimum Gasteiger partial charge on any atom is -0.378 e. The van der Waals surface area contributed by atoms with E-state index in [2.05, 4.69) is 12.2 Å². The Kier molecular flexibility index (Phi) is 5.58. The van der Waals surface area contributed by atoms with Crippen molar-refractivity contribution in [3.63, 3.8) is 0 Å². The third-order valence-electron chi connectivity index (χ3n) is 4.26. The number of rotatable bonds is 3. The summed E-state index contributed by atoms with van der Waals surface area (Å²) >= 11 is 0. The van der Waals surface area contributed by atoms with Gasteiger partial charge >= 0.3 is 6.03 Å². The molecule has 0 bridgehead atoms. The normalized spacial score (nSPS) is 23.7. The Morgan fingerprint density at radius 1 is 1.27 bits per heavy atom. The first kappa shape index (κ1) is 17.0. The molecule has 0 saturated carbocycles. The number of nitrogens with zero attached hydrogens (tertiary/aromatic N) is 1. The Hall–Kier alpha value is -1.40. The standard InChI is InChI=1S/C16H24N2O3S/c1-16(21-2)9-4-11-18(12-10-16)15(19)17-13-5-7-14(8-6-13)22(3)20/h5-8H,4,9-12H2,1-3H3,(H,17,19)/t16-,22-/m1/s1. The van der Waals surface area contributed by atoms with Crippen molar-refractivity contribution < 1.29 is 13.7 Å². The molecule has 5 nitrogen and oxygen atoms in total. The highest BCUT2D eigenvalue weighted by Crippen LogP contribution is 2.25. The SMILES string of the molecule is CO[C@]1(C)CCCN(C(=O)Nc2ccc([S@@](C)=O)cc2)CC1. The predicted octanol–water partition coefficient (Wildman–Crippen LogP) is 2.85. The van der Waals surface area contributed by atoms with Crippen LogP contribution >= 0.6 is 0 Å². The van der Waals surface area contributed by atoms with E-state index in [0.29, 0.717) is 6.54 Å². The molecule has 1 aliphatic heterocycles. The summed E-state index contributed by atoms with van der Waals surface area (Å²) in [5.41, 5.74) is 0.583. The van der Waals surface area contributed by atoms with Crippen molar-refractivity contribution in [1.82, 2.24) is 4.90 Å². The number of carbonyl (C=O) groups is 1. The fraction of sp³-hybridized carbons (Fsp3) is 0.562. The van der Waals surface area contributed by atoms with E-state index in [9.17, 15) is 9.00 Å². The first-order valence-electron chi connectivity index (χ1n) is 7.48. The van der Waals surface area contributed by atoms with Crippen molar-refractivity contribution in [2.45, 2.75) is 36.7 Å². The van der Waals surface area contributed by atoms with Crippen LogP contribution in [0.4, 0.5) is 10.5 Å². The van der Waals surface area contributed by atoms with E-state index in [1.807, 2.05) is 4.90 Å². The van der Waals surface area contributed by atoms with Gasteiger partial charge in [-0.3, -0.25) is 4.21 Å². The van der Waals surface area contributed by atoms with E-state index in [0.717, 1.165) is 36.4 Å². The van der Waals surface area contributed by atoms with Crippen LogP contribution in [0.15, 0.2) is 29.2 Å². The number of hydrogen-bond donors (Lipinski definition) is 1. The zero-order valence-electron chi connectivity index (χ0n) is 13.4. The molecule has 1 heterocycles. The van der Waals surface area contributed by atoms with Gasteiger partial charge in [-0.15, -0.1) is 0 Å². The molecular formula is C16H24N2O3S. The largest absolute Gasteiger partial charge is 0.378 e. The van der Waals surface area contributed by atoms with Gasteiger partial charge in [0.1, 0.15) is 0 Å². The molecule has 1 aromatic carbocycles. The van der Waals surface area contributed by atoms with Gasteiger partial charge in [0.15, 0.2) is 0 Å². The van der Waals surface area contributed by atoms with Gasteiger partial charge in [-0.05, 0) is 50.5 Å². The molecule has 122 valence electrons. The molecule has 2 atom stereocenters. The van der Waals surface area contributed by atoms with Gasteiger partial charge < -0.3 is 15.0 Å². The van der Waals surface area contributed by atoms with Crippen molar-refractivity contribution in [3.8, 4) is 0 Å². The van der Waals surface area contributed by atoms with Crippen LogP contribution < -0.4 is 5.32 Å². The Morgan fingerprint density at radius 3 is 2.55 bits per heavy atom. The predicted molar refractivity (Wildman–Crippen MR) is 88.6 cm³/mol. The highest BCUT2D eigenvalue weighted by atomic mass is 32.2. The molecule has 0 spiro atoms. The maximum atomic E-state index is 12.4. The Morgan fingerprint density at radius 2 is 1.95 bits per heavy atom. The molecule has 1 aromatic rings.